The lowest BCUT2D eigenvalue weighted by atomic mass is 9.97. The van der Waals surface area contributed by atoms with Crippen molar-refractivity contribution in [3.05, 3.63) is 47.8 Å². The molecular weight excluding hydrogens is 288 g/mol. The predicted octanol–water partition coefficient (Wildman–Crippen LogP) is 2.95. The Bertz CT molecular complexity index is 688. The highest BCUT2D eigenvalue weighted by Gasteiger charge is 2.22. The number of piperidine rings is 1. The third kappa shape index (κ3) is 3.78. The van der Waals surface area contributed by atoms with Gasteiger partial charge in [0.05, 0.1) is 12.2 Å². The monoisotopic (exact) mass is 308 g/mol. The van der Waals surface area contributed by atoms with E-state index in [0.29, 0.717) is 24.0 Å². The highest BCUT2D eigenvalue weighted by atomic mass is 16.5. The molecule has 0 atom stereocenters. The second kappa shape index (κ2) is 7.10. The van der Waals surface area contributed by atoms with Crippen molar-refractivity contribution < 1.29 is 4.74 Å². The zero-order chi connectivity index (χ0) is 16.1. The van der Waals surface area contributed by atoms with Gasteiger partial charge in [-0.2, -0.15) is 5.26 Å². The van der Waals surface area contributed by atoms with E-state index in [1.54, 1.807) is 6.20 Å². The molecule has 1 aliphatic heterocycles. The molecule has 2 aromatic rings. The molecule has 0 radical (unpaired) electrons. The molecule has 2 aromatic heterocycles. The first-order valence-corrected chi connectivity index (χ1v) is 7.93. The molecule has 0 amide bonds. The first-order chi connectivity index (χ1) is 11.3. The summed E-state index contributed by atoms with van der Waals surface area (Å²) in [5, 5.41) is 9.26. The Hall–Kier alpha value is -2.61. The van der Waals surface area contributed by atoms with E-state index in [-0.39, 0.29) is 0 Å². The Morgan fingerprint density at radius 1 is 1.26 bits per heavy atom. The molecule has 1 saturated heterocycles. The minimum Gasteiger partial charge on any atom is -0.477 e. The van der Waals surface area contributed by atoms with E-state index in [0.717, 1.165) is 37.4 Å². The van der Waals surface area contributed by atoms with Crippen LogP contribution in [-0.4, -0.2) is 29.7 Å². The molecule has 3 heterocycles. The molecule has 3 rings (SSSR count). The van der Waals surface area contributed by atoms with Crippen molar-refractivity contribution in [2.45, 2.75) is 19.8 Å². The number of nitriles is 1. The minimum atomic E-state index is 0.517. The standard InChI is InChI=1S/C18H20N4O/c1-14-5-6-16(12-19)18(21-14)22-10-7-15(8-11-22)13-23-17-4-2-3-9-20-17/h2-6,9,15H,7-8,10-11,13H2,1H3. The van der Waals surface area contributed by atoms with Crippen LogP contribution in [-0.2, 0) is 0 Å². The van der Waals surface area contributed by atoms with Gasteiger partial charge in [-0.1, -0.05) is 6.07 Å². The molecule has 0 N–H and O–H groups in total. The molecule has 0 aromatic carbocycles. The number of hydrogen-bond donors (Lipinski definition) is 0. The number of pyridine rings is 2. The molecule has 0 aliphatic carbocycles. The highest BCUT2D eigenvalue weighted by Crippen LogP contribution is 2.25. The van der Waals surface area contributed by atoms with Crippen molar-refractivity contribution in [2.24, 2.45) is 5.92 Å². The summed E-state index contributed by atoms with van der Waals surface area (Å²) in [6.07, 6.45) is 3.81. The van der Waals surface area contributed by atoms with Crippen molar-refractivity contribution in [1.29, 1.82) is 5.26 Å². The summed E-state index contributed by atoms with van der Waals surface area (Å²) in [6, 6.07) is 11.7. The first-order valence-electron chi connectivity index (χ1n) is 7.93. The van der Waals surface area contributed by atoms with Gasteiger partial charge in [0.2, 0.25) is 5.88 Å². The SMILES string of the molecule is Cc1ccc(C#N)c(N2CCC(COc3ccccn3)CC2)n1. The predicted molar refractivity (Wildman–Crippen MR) is 88.4 cm³/mol. The average Bonchev–Trinajstić information content (AvgIpc) is 2.61. The van der Waals surface area contributed by atoms with E-state index in [1.807, 2.05) is 37.3 Å². The number of nitrogens with zero attached hydrogens (tertiary/aromatic N) is 4. The maximum absolute atomic E-state index is 9.26. The molecule has 1 aliphatic rings. The van der Waals surface area contributed by atoms with Crippen LogP contribution in [0, 0.1) is 24.2 Å². The van der Waals surface area contributed by atoms with Crippen molar-refractivity contribution in [3.8, 4) is 11.9 Å². The third-order valence-corrected chi connectivity index (χ3v) is 4.15. The average molecular weight is 308 g/mol. The maximum atomic E-state index is 9.26. The molecular formula is C18H20N4O. The number of ether oxygens (including phenoxy) is 1. The summed E-state index contributed by atoms with van der Waals surface area (Å²) in [6.45, 7) is 4.46. The van der Waals surface area contributed by atoms with Crippen molar-refractivity contribution >= 4 is 5.82 Å². The van der Waals surface area contributed by atoms with Gasteiger partial charge in [-0.05, 0) is 43.9 Å². The lowest BCUT2D eigenvalue weighted by Gasteiger charge is -2.33. The van der Waals surface area contributed by atoms with Gasteiger partial charge in [0.25, 0.3) is 0 Å². The molecule has 0 saturated carbocycles. The molecule has 5 nitrogen and oxygen atoms in total. The fraction of sp³-hybridized carbons (Fsp3) is 0.389. The minimum absolute atomic E-state index is 0.517. The number of aromatic nitrogens is 2. The Balaban J connectivity index is 1.56. The highest BCUT2D eigenvalue weighted by molar-refractivity contribution is 5.54. The van der Waals surface area contributed by atoms with Crippen LogP contribution in [0.3, 0.4) is 0 Å². The van der Waals surface area contributed by atoms with Gasteiger partial charge in [-0.25, -0.2) is 9.97 Å². The maximum Gasteiger partial charge on any atom is 0.213 e. The van der Waals surface area contributed by atoms with Gasteiger partial charge in [0.1, 0.15) is 11.9 Å². The summed E-state index contributed by atoms with van der Waals surface area (Å²) in [7, 11) is 0. The van der Waals surface area contributed by atoms with Gasteiger partial charge in [0.15, 0.2) is 0 Å². The summed E-state index contributed by atoms with van der Waals surface area (Å²) in [5.74, 6) is 2.02. The molecule has 0 spiro atoms. The fourth-order valence-corrected chi connectivity index (χ4v) is 2.82. The van der Waals surface area contributed by atoms with Gasteiger partial charge >= 0.3 is 0 Å². The second-order valence-electron chi connectivity index (χ2n) is 5.85. The van der Waals surface area contributed by atoms with Crippen LogP contribution in [0.4, 0.5) is 5.82 Å². The van der Waals surface area contributed by atoms with Crippen LogP contribution in [0.5, 0.6) is 5.88 Å². The van der Waals surface area contributed by atoms with Gasteiger partial charge < -0.3 is 9.64 Å². The van der Waals surface area contributed by atoms with E-state index in [1.165, 1.54) is 0 Å². The van der Waals surface area contributed by atoms with E-state index in [4.69, 9.17) is 4.74 Å². The van der Waals surface area contributed by atoms with Crippen LogP contribution >= 0.6 is 0 Å². The van der Waals surface area contributed by atoms with Crippen molar-refractivity contribution in [2.75, 3.05) is 24.6 Å². The lowest BCUT2D eigenvalue weighted by molar-refractivity contribution is 0.216. The van der Waals surface area contributed by atoms with E-state index >= 15 is 0 Å². The van der Waals surface area contributed by atoms with E-state index in [9.17, 15) is 5.26 Å². The zero-order valence-corrected chi connectivity index (χ0v) is 13.3. The molecule has 0 bridgehead atoms. The van der Waals surface area contributed by atoms with Crippen molar-refractivity contribution in [3.63, 3.8) is 0 Å². The number of anilines is 1. The summed E-state index contributed by atoms with van der Waals surface area (Å²) in [4.78, 5) is 10.9. The lowest BCUT2D eigenvalue weighted by Crippen LogP contribution is -2.36. The molecule has 5 heteroatoms. The number of rotatable bonds is 4. The normalized spacial score (nSPS) is 15.2. The Labute approximate surface area is 136 Å². The number of hydrogen-bond acceptors (Lipinski definition) is 5. The van der Waals surface area contributed by atoms with E-state index < -0.39 is 0 Å². The largest absolute Gasteiger partial charge is 0.477 e. The Morgan fingerprint density at radius 2 is 2.09 bits per heavy atom. The van der Waals surface area contributed by atoms with Crippen LogP contribution < -0.4 is 9.64 Å². The molecule has 1 fully saturated rings. The first kappa shape index (κ1) is 15.3. The summed E-state index contributed by atoms with van der Waals surface area (Å²) >= 11 is 0. The third-order valence-electron chi connectivity index (χ3n) is 4.15. The zero-order valence-electron chi connectivity index (χ0n) is 13.3. The molecule has 0 unspecified atom stereocenters. The topological polar surface area (TPSA) is 62.0 Å². The van der Waals surface area contributed by atoms with Crippen LogP contribution in [0.2, 0.25) is 0 Å². The molecule has 118 valence electrons. The van der Waals surface area contributed by atoms with Crippen LogP contribution in [0.25, 0.3) is 0 Å². The number of aryl methyl sites for hydroxylation is 1. The quantitative estimate of drug-likeness (QED) is 0.869. The smallest absolute Gasteiger partial charge is 0.213 e. The van der Waals surface area contributed by atoms with E-state index in [2.05, 4.69) is 20.9 Å². The van der Waals surface area contributed by atoms with Gasteiger partial charge in [-0.3, -0.25) is 0 Å². The van der Waals surface area contributed by atoms with Gasteiger partial charge in [-0.15, -0.1) is 0 Å². The Kier molecular flexibility index (Phi) is 4.72. The fourth-order valence-electron chi connectivity index (χ4n) is 2.82. The van der Waals surface area contributed by atoms with Gasteiger partial charge in [0, 0.05) is 31.0 Å². The Morgan fingerprint density at radius 3 is 2.78 bits per heavy atom. The molecule has 23 heavy (non-hydrogen) atoms. The van der Waals surface area contributed by atoms with Crippen LogP contribution in [0.15, 0.2) is 36.5 Å². The summed E-state index contributed by atoms with van der Waals surface area (Å²) in [5.41, 5.74) is 1.60. The van der Waals surface area contributed by atoms with Crippen LogP contribution in [0.1, 0.15) is 24.1 Å². The van der Waals surface area contributed by atoms with Crippen molar-refractivity contribution in [1.82, 2.24) is 9.97 Å². The second-order valence-corrected chi connectivity index (χ2v) is 5.85. The summed E-state index contributed by atoms with van der Waals surface area (Å²) < 4.78 is 5.75.